The second kappa shape index (κ2) is 3.12. The largest absolute Gasteiger partial charge is 0.427 e. The Kier molecular flexibility index (Phi) is 2.06. The molecule has 0 amide bonds. The zero-order chi connectivity index (χ0) is 10.2. The smallest absolute Gasteiger partial charge is 0.335 e. The predicted octanol–water partition coefficient (Wildman–Crippen LogP) is 2.63. The van der Waals surface area contributed by atoms with Gasteiger partial charge in [-0.05, 0) is 17.9 Å². The van der Waals surface area contributed by atoms with Gasteiger partial charge in [0.2, 0.25) is 0 Å². The average molecular weight is 190 g/mol. The van der Waals surface area contributed by atoms with Crippen LogP contribution < -0.4 is 5.63 Å². The van der Waals surface area contributed by atoms with Crippen LogP contribution in [0.5, 0.6) is 0 Å². The Labute approximate surface area is 83.3 Å². The minimum absolute atomic E-state index is 0.180. The molecule has 0 aromatic carbocycles. The normalized spacial score (nSPS) is 18.7. The molecule has 2 rings (SSSR count). The van der Waals surface area contributed by atoms with Crippen LogP contribution in [0.3, 0.4) is 0 Å². The van der Waals surface area contributed by atoms with Crippen molar-refractivity contribution >= 4 is 6.08 Å². The van der Waals surface area contributed by atoms with Gasteiger partial charge in [-0.2, -0.15) is 0 Å². The van der Waals surface area contributed by atoms with Gasteiger partial charge in [-0.3, -0.25) is 0 Å². The Hall–Kier alpha value is -1.31. The minimum atomic E-state index is -0.255. The van der Waals surface area contributed by atoms with Gasteiger partial charge in [-0.1, -0.05) is 26.0 Å². The molecule has 0 unspecified atom stereocenters. The Bertz CT molecular complexity index is 424. The van der Waals surface area contributed by atoms with E-state index in [9.17, 15) is 4.79 Å². The maximum atomic E-state index is 11.1. The fraction of sp³-hybridized carbons (Fsp3) is 0.417. The van der Waals surface area contributed by atoms with Crippen molar-refractivity contribution in [1.29, 1.82) is 0 Å². The summed E-state index contributed by atoms with van der Waals surface area (Å²) in [5.41, 5.74) is 0.962. The summed E-state index contributed by atoms with van der Waals surface area (Å²) in [7, 11) is 0. The van der Waals surface area contributed by atoms with Gasteiger partial charge in [0.05, 0.1) is 0 Å². The molecule has 1 aromatic heterocycles. The van der Waals surface area contributed by atoms with Crippen molar-refractivity contribution in [3.8, 4) is 0 Å². The van der Waals surface area contributed by atoms with Crippen molar-refractivity contribution in [2.75, 3.05) is 0 Å². The van der Waals surface area contributed by atoms with Crippen LogP contribution in [0.4, 0.5) is 0 Å². The van der Waals surface area contributed by atoms with Gasteiger partial charge in [0, 0.05) is 18.1 Å². The second-order valence-electron chi connectivity index (χ2n) is 4.58. The van der Waals surface area contributed by atoms with Gasteiger partial charge in [-0.15, -0.1) is 0 Å². The van der Waals surface area contributed by atoms with E-state index in [1.807, 2.05) is 12.1 Å². The molecule has 2 nitrogen and oxygen atoms in total. The highest BCUT2D eigenvalue weighted by molar-refractivity contribution is 5.52. The fourth-order valence-corrected chi connectivity index (χ4v) is 1.76. The highest BCUT2D eigenvalue weighted by atomic mass is 16.4. The van der Waals surface area contributed by atoms with Crippen LogP contribution >= 0.6 is 0 Å². The number of allylic oxidation sites excluding steroid dienone is 1. The van der Waals surface area contributed by atoms with Crippen molar-refractivity contribution in [3.63, 3.8) is 0 Å². The van der Waals surface area contributed by atoms with E-state index in [0.29, 0.717) is 0 Å². The zero-order valence-corrected chi connectivity index (χ0v) is 8.54. The first kappa shape index (κ1) is 9.25. The molecule has 0 saturated heterocycles. The molecule has 0 N–H and O–H groups in total. The van der Waals surface area contributed by atoms with Gasteiger partial charge >= 0.3 is 5.63 Å². The van der Waals surface area contributed by atoms with Crippen LogP contribution in [-0.4, -0.2) is 0 Å². The van der Waals surface area contributed by atoms with E-state index in [1.54, 1.807) is 0 Å². The van der Waals surface area contributed by atoms with Crippen LogP contribution in [0.15, 0.2) is 27.4 Å². The SMILES string of the molecule is CC1(C)CC=Cc2ccc(=O)oc2C1. The van der Waals surface area contributed by atoms with Gasteiger partial charge in [0.25, 0.3) is 0 Å². The molecular weight excluding hydrogens is 176 g/mol. The van der Waals surface area contributed by atoms with Gasteiger partial charge in [-0.25, -0.2) is 4.79 Å². The van der Waals surface area contributed by atoms with Crippen molar-refractivity contribution in [1.82, 2.24) is 0 Å². The molecule has 0 radical (unpaired) electrons. The monoisotopic (exact) mass is 190 g/mol. The lowest BCUT2D eigenvalue weighted by molar-refractivity contribution is 0.324. The van der Waals surface area contributed by atoms with E-state index in [1.165, 1.54) is 6.07 Å². The molecule has 0 atom stereocenters. The Morgan fingerprint density at radius 2 is 2.14 bits per heavy atom. The Morgan fingerprint density at radius 1 is 1.36 bits per heavy atom. The standard InChI is InChI=1S/C12H14O2/c1-12(2)7-3-4-9-5-6-11(13)14-10(9)8-12/h3-6H,7-8H2,1-2H3. The summed E-state index contributed by atoms with van der Waals surface area (Å²) >= 11 is 0. The molecule has 1 aliphatic carbocycles. The molecule has 0 bridgehead atoms. The highest BCUT2D eigenvalue weighted by Crippen LogP contribution is 2.30. The molecule has 1 aliphatic rings. The van der Waals surface area contributed by atoms with Crippen LogP contribution in [0.25, 0.3) is 6.08 Å². The number of hydrogen-bond acceptors (Lipinski definition) is 2. The first-order valence-electron chi connectivity index (χ1n) is 4.86. The lowest BCUT2D eigenvalue weighted by atomic mass is 9.85. The molecule has 14 heavy (non-hydrogen) atoms. The van der Waals surface area contributed by atoms with Crippen LogP contribution in [0, 0.1) is 5.41 Å². The number of rotatable bonds is 0. The van der Waals surface area contributed by atoms with Gasteiger partial charge < -0.3 is 4.42 Å². The Balaban J connectivity index is 2.51. The van der Waals surface area contributed by atoms with E-state index in [2.05, 4.69) is 19.9 Å². The quantitative estimate of drug-likeness (QED) is 0.629. The highest BCUT2D eigenvalue weighted by Gasteiger charge is 2.22. The molecule has 0 aliphatic heterocycles. The summed E-state index contributed by atoms with van der Waals surface area (Å²) in [6, 6.07) is 3.31. The molecule has 0 spiro atoms. The van der Waals surface area contributed by atoms with Crippen molar-refractivity contribution in [2.45, 2.75) is 26.7 Å². The topological polar surface area (TPSA) is 30.2 Å². The van der Waals surface area contributed by atoms with Crippen molar-refractivity contribution < 1.29 is 4.42 Å². The first-order valence-corrected chi connectivity index (χ1v) is 4.86. The lowest BCUT2D eigenvalue weighted by Gasteiger charge is -2.20. The maximum absolute atomic E-state index is 11.1. The summed E-state index contributed by atoms with van der Waals surface area (Å²) in [4.78, 5) is 11.1. The molecule has 1 heterocycles. The summed E-state index contributed by atoms with van der Waals surface area (Å²) < 4.78 is 5.21. The van der Waals surface area contributed by atoms with E-state index in [0.717, 1.165) is 24.2 Å². The minimum Gasteiger partial charge on any atom is -0.427 e. The van der Waals surface area contributed by atoms with Crippen LogP contribution in [0.1, 0.15) is 31.6 Å². The van der Waals surface area contributed by atoms with E-state index < -0.39 is 0 Å². The third kappa shape index (κ3) is 1.79. The van der Waals surface area contributed by atoms with Crippen LogP contribution in [-0.2, 0) is 6.42 Å². The average Bonchev–Trinajstić information content (AvgIpc) is 2.21. The maximum Gasteiger partial charge on any atom is 0.335 e. The predicted molar refractivity (Wildman–Crippen MR) is 56.1 cm³/mol. The van der Waals surface area contributed by atoms with E-state index >= 15 is 0 Å². The molecule has 0 fully saturated rings. The van der Waals surface area contributed by atoms with Crippen molar-refractivity contribution in [2.24, 2.45) is 5.41 Å². The molecule has 74 valence electrons. The molecule has 2 heteroatoms. The number of fused-ring (bicyclic) bond motifs is 1. The second-order valence-corrected chi connectivity index (χ2v) is 4.58. The van der Waals surface area contributed by atoms with Crippen molar-refractivity contribution in [3.05, 3.63) is 40.0 Å². The van der Waals surface area contributed by atoms with E-state index in [-0.39, 0.29) is 11.0 Å². The summed E-state index contributed by atoms with van der Waals surface area (Å²) in [6.07, 6.45) is 6.02. The summed E-state index contributed by atoms with van der Waals surface area (Å²) in [5.74, 6) is 0.816. The third-order valence-electron chi connectivity index (χ3n) is 2.55. The third-order valence-corrected chi connectivity index (χ3v) is 2.55. The Morgan fingerprint density at radius 3 is 2.93 bits per heavy atom. The summed E-state index contributed by atoms with van der Waals surface area (Å²) in [6.45, 7) is 4.36. The van der Waals surface area contributed by atoms with E-state index in [4.69, 9.17) is 4.42 Å². The summed E-state index contributed by atoms with van der Waals surface area (Å²) in [5, 5.41) is 0. The van der Waals surface area contributed by atoms with Gasteiger partial charge in [0.15, 0.2) is 0 Å². The zero-order valence-electron chi connectivity index (χ0n) is 8.54. The van der Waals surface area contributed by atoms with Crippen LogP contribution in [0.2, 0.25) is 0 Å². The first-order chi connectivity index (χ1) is 6.57. The fourth-order valence-electron chi connectivity index (χ4n) is 1.76. The molecular formula is C12H14O2. The van der Waals surface area contributed by atoms with Gasteiger partial charge in [0.1, 0.15) is 5.76 Å². The number of hydrogen-bond donors (Lipinski definition) is 0. The molecule has 0 saturated carbocycles. The molecule has 1 aromatic rings. The lowest BCUT2D eigenvalue weighted by Crippen LogP contribution is -2.14.